The summed E-state index contributed by atoms with van der Waals surface area (Å²) in [5.41, 5.74) is -0.186. The topological polar surface area (TPSA) is 44.8 Å². The molecule has 7 heteroatoms. The lowest BCUT2D eigenvalue weighted by Gasteiger charge is -2.32. The number of carbonyl (C=O) groups excluding carboxylic acids is 1. The zero-order valence-electron chi connectivity index (χ0n) is 12.6. The minimum atomic E-state index is -0.679. The number of hydrogen-bond donors (Lipinski definition) is 0. The second-order valence-electron chi connectivity index (χ2n) is 5.93. The molecule has 1 aromatic carbocycles. The number of esters is 1. The standard InChI is InChI=1S/C14H17BCl2O4/c1-13(2)14(3,4)21-15(20-13)11-9(16)6-8(7-10(11)17)12(18)19-5/h6-7H,1-5H3. The monoisotopic (exact) mass is 330 g/mol. The second-order valence-corrected chi connectivity index (χ2v) is 6.75. The molecule has 0 saturated carbocycles. The van der Waals surface area contributed by atoms with E-state index < -0.39 is 24.3 Å². The summed E-state index contributed by atoms with van der Waals surface area (Å²) in [5, 5.41) is 0.614. The molecule has 0 atom stereocenters. The van der Waals surface area contributed by atoms with E-state index in [1.165, 1.54) is 19.2 Å². The first kappa shape index (κ1) is 16.6. The molecule has 1 heterocycles. The van der Waals surface area contributed by atoms with Crippen LogP contribution in [-0.4, -0.2) is 31.4 Å². The number of rotatable bonds is 2. The van der Waals surface area contributed by atoms with Crippen LogP contribution in [0.15, 0.2) is 12.1 Å². The van der Waals surface area contributed by atoms with E-state index >= 15 is 0 Å². The van der Waals surface area contributed by atoms with E-state index in [1.807, 2.05) is 27.7 Å². The fourth-order valence-electron chi connectivity index (χ4n) is 2.01. The van der Waals surface area contributed by atoms with Gasteiger partial charge in [0, 0.05) is 15.5 Å². The molecule has 0 amide bonds. The zero-order chi connectivity index (χ0) is 16.0. The average molecular weight is 331 g/mol. The number of methoxy groups -OCH3 is 1. The van der Waals surface area contributed by atoms with Crippen LogP contribution in [0.2, 0.25) is 10.0 Å². The van der Waals surface area contributed by atoms with Crippen molar-refractivity contribution in [3.8, 4) is 0 Å². The Morgan fingerprint density at radius 3 is 1.90 bits per heavy atom. The number of benzene rings is 1. The maximum absolute atomic E-state index is 11.6. The largest absolute Gasteiger partial charge is 0.497 e. The lowest BCUT2D eigenvalue weighted by molar-refractivity contribution is 0.00578. The van der Waals surface area contributed by atoms with Crippen LogP contribution in [-0.2, 0) is 14.0 Å². The van der Waals surface area contributed by atoms with Crippen LogP contribution in [0.5, 0.6) is 0 Å². The van der Waals surface area contributed by atoms with Gasteiger partial charge in [-0.3, -0.25) is 0 Å². The molecule has 0 radical (unpaired) electrons. The van der Waals surface area contributed by atoms with Crippen molar-refractivity contribution in [2.24, 2.45) is 0 Å². The third-order valence-electron chi connectivity index (χ3n) is 3.99. The Morgan fingerprint density at radius 1 is 1.10 bits per heavy atom. The molecular formula is C14H17BCl2O4. The van der Waals surface area contributed by atoms with Crippen molar-refractivity contribution < 1.29 is 18.8 Å². The number of ether oxygens (including phenoxy) is 1. The first-order chi connectivity index (χ1) is 9.59. The van der Waals surface area contributed by atoms with Crippen molar-refractivity contribution >= 4 is 41.8 Å². The Balaban J connectivity index is 2.41. The van der Waals surface area contributed by atoms with Gasteiger partial charge in [-0.15, -0.1) is 0 Å². The highest BCUT2D eigenvalue weighted by Gasteiger charge is 2.52. The molecule has 1 fully saturated rings. The van der Waals surface area contributed by atoms with Crippen molar-refractivity contribution in [1.82, 2.24) is 0 Å². The Bertz CT molecular complexity index is 547. The van der Waals surface area contributed by atoms with E-state index in [-0.39, 0.29) is 5.56 Å². The van der Waals surface area contributed by atoms with Gasteiger partial charge < -0.3 is 14.0 Å². The van der Waals surface area contributed by atoms with Gasteiger partial charge in [0.25, 0.3) is 0 Å². The molecule has 0 aromatic heterocycles. The van der Waals surface area contributed by atoms with Gasteiger partial charge in [0.15, 0.2) is 0 Å². The minimum Gasteiger partial charge on any atom is -0.465 e. The van der Waals surface area contributed by atoms with Crippen molar-refractivity contribution in [1.29, 1.82) is 0 Å². The summed E-state index contributed by atoms with van der Waals surface area (Å²) in [5.74, 6) is -0.501. The van der Waals surface area contributed by atoms with E-state index in [2.05, 4.69) is 4.74 Å². The summed E-state index contributed by atoms with van der Waals surface area (Å²) in [6.07, 6.45) is 0. The molecule has 1 saturated heterocycles. The van der Waals surface area contributed by atoms with Gasteiger partial charge >= 0.3 is 13.1 Å². The fourth-order valence-corrected chi connectivity index (χ4v) is 2.67. The smallest absolute Gasteiger partial charge is 0.465 e. The van der Waals surface area contributed by atoms with E-state index in [4.69, 9.17) is 32.5 Å². The molecule has 21 heavy (non-hydrogen) atoms. The van der Waals surface area contributed by atoms with Gasteiger partial charge in [-0.1, -0.05) is 23.2 Å². The Morgan fingerprint density at radius 2 is 1.52 bits per heavy atom. The summed E-state index contributed by atoms with van der Waals surface area (Å²) in [6, 6.07) is 3.00. The summed E-state index contributed by atoms with van der Waals surface area (Å²) in [4.78, 5) is 11.6. The lowest BCUT2D eigenvalue weighted by atomic mass is 9.78. The van der Waals surface area contributed by atoms with Crippen molar-refractivity contribution in [2.45, 2.75) is 38.9 Å². The van der Waals surface area contributed by atoms with E-state index in [0.717, 1.165) is 0 Å². The Hall–Kier alpha value is -0.745. The highest BCUT2D eigenvalue weighted by molar-refractivity contribution is 6.69. The fraction of sp³-hybridized carbons (Fsp3) is 0.500. The molecule has 1 aliphatic heterocycles. The molecule has 0 spiro atoms. The maximum Gasteiger partial charge on any atom is 0.497 e. The molecule has 0 unspecified atom stereocenters. The van der Waals surface area contributed by atoms with Gasteiger partial charge in [-0.2, -0.15) is 0 Å². The molecule has 1 aliphatic rings. The summed E-state index contributed by atoms with van der Waals surface area (Å²) < 4.78 is 16.5. The lowest BCUT2D eigenvalue weighted by Crippen LogP contribution is -2.41. The van der Waals surface area contributed by atoms with E-state index in [9.17, 15) is 4.79 Å². The van der Waals surface area contributed by atoms with Gasteiger partial charge in [0.05, 0.1) is 23.9 Å². The summed E-state index contributed by atoms with van der Waals surface area (Å²) >= 11 is 12.5. The highest BCUT2D eigenvalue weighted by atomic mass is 35.5. The first-order valence-electron chi connectivity index (χ1n) is 6.52. The van der Waals surface area contributed by atoms with E-state index in [1.54, 1.807) is 0 Å². The summed E-state index contributed by atoms with van der Waals surface area (Å²) in [7, 11) is 0.619. The van der Waals surface area contributed by atoms with Crippen LogP contribution in [0, 0.1) is 0 Å². The van der Waals surface area contributed by atoms with Crippen LogP contribution < -0.4 is 5.46 Å². The third-order valence-corrected chi connectivity index (χ3v) is 4.61. The number of carbonyl (C=O) groups is 1. The van der Waals surface area contributed by atoms with Gasteiger partial charge in [-0.05, 0) is 39.8 Å². The molecule has 2 rings (SSSR count). The molecule has 1 aromatic rings. The molecule has 114 valence electrons. The van der Waals surface area contributed by atoms with Gasteiger partial charge in [0.2, 0.25) is 0 Å². The van der Waals surface area contributed by atoms with Crippen molar-refractivity contribution in [3.05, 3.63) is 27.7 Å². The summed E-state index contributed by atoms with van der Waals surface area (Å²) in [6.45, 7) is 7.77. The van der Waals surface area contributed by atoms with Crippen molar-refractivity contribution in [3.63, 3.8) is 0 Å². The molecule has 0 aliphatic carbocycles. The number of hydrogen-bond acceptors (Lipinski definition) is 4. The van der Waals surface area contributed by atoms with Crippen LogP contribution >= 0.6 is 23.2 Å². The van der Waals surface area contributed by atoms with Crippen LogP contribution in [0.3, 0.4) is 0 Å². The van der Waals surface area contributed by atoms with Gasteiger partial charge in [-0.25, -0.2) is 4.79 Å². The number of halogens is 2. The molecule has 0 N–H and O–H groups in total. The normalized spacial score (nSPS) is 19.7. The average Bonchev–Trinajstić information content (AvgIpc) is 2.56. The molecule has 4 nitrogen and oxygen atoms in total. The third kappa shape index (κ3) is 2.93. The molecular weight excluding hydrogens is 314 g/mol. The van der Waals surface area contributed by atoms with Crippen molar-refractivity contribution in [2.75, 3.05) is 7.11 Å². The van der Waals surface area contributed by atoms with E-state index in [0.29, 0.717) is 15.5 Å². The SMILES string of the molecule is COC(=O)c1cc(Cl)c(B2OC(C)(C)C(C)(C)O2)c(Cl)c1. The predicted molar refractivity (Wildman–Crippen MR) is 83.5 cm³/mol. The zero-order valence-corrected chi connectivity index (χ0v) is 14.1. The Kier molecular flexibility index (Phi) is 4.33. The maximum atomic E-state index is 11.6. The highest BCUT2D eigenvalue weighted by Crippen LogP contribution is 2.37. The van der Waals surface area contributed by atoms with Crippen LogP contribution in [0.4, 0.5) is 0 Å². The van der Waals surface area contributed by atoms with Crippen LogP contribution in [0.25, 0.3) is 0 Å². The first-order valence-corrected chi connectivity index (χ1v) is 7.27. The minimum absolute atomic E-state index is 0.285. The quantitative estimate of drug-likeness (QED) is 0.617. The second kappa shape index (κ2) is 5.47. The van der Waals surface area contributed by atoms with Gasteiger partial charge in [0.1, 0.15) is 0 Å². The molecule has 0 bridgehead atoms. The predicted octanol–water partition coefficient (Wildman–Crippen LogP) is 3.08. The van der Waals surface area contributed by atoms with Crippen LogP contribution in [0.1, 0.15) is 38.1 Å². The Labute approximate surface area is 134 Å².